The molecule has 0 atom stereocenters. The molecule has 10 heavy (non-hydrogen) atoms. The number of rotatable bonds is 3. The van der Waals surface area contributed by atoms with Crippen molar-refractivity contribution in [1.82, 2.24) is 0 Å². The van der Waals surface area contributed by atoms with Crippen molar-refractivity contribution in [3.63, 3.8) is 0 Å². The Balaban J connectivity index is 3.82. The van der Waals surface area contributed by atoms with Crippen molar-refractivity contribution in [1.29, 1.82) is 0 Å². The van der Waals surface area contributed by atoms with E-state index in [1.165, 1.54) is 6.08 Å². The summed E-state index contributed by atoms with van der Waals surface area (Å²) in [5, 5.41) is 0. The van der Waals surface area contributed by atoms with Crippen LogP contribution in [0.25, 0.3) is 0 Å². The van der Waals surface area contributed by atoms with Crippen molar-refractivity contribution in [2.45, 2.75) is 20.8 Å². The monoisotopic (exact) mass is 139 g/mol. The first-order valence-electron chi connectivity index (χ1n) is 3.37. The van der Waals surface area contributed by atoms with E-state index in [1.807, 2.05) is 6.92 Å². The highest BCUT2D eigenvalue weighted by Crippen LogP contribution is 2.00. The number of aliphatic imine (C=N–C) groups is 1. The molecule has 0 aliphatic heterocycles. The van der Waals surface area contributed by atoms with E-state index in [1.54, 1.807) is 0 Å². The molecule has 2 heteroatoms. The average molecular weight is 139 g/mol. The Morgan fingerprint density at radius 3 is 2.70 bits per heavy atom. The molecule has 0 aromatic carbocycles. The zero-order chi connectivity index (χ0) is 7.98. The third-order valence-corrected chi connectivity index (χ3v) is 1.01. The molecule has 0 aromatic heterocycles. The van der Waals surface area contributed by atoms with E-state index in [2.05, 4.69) is 24.9 Å². The number of allylic oxidation sites excluding steroid dienone is 1. The SMILES string of the molecule is C/C(=C\C(C)C)CN=C=O. The van der Waals surface area contributed by atoms with Crippen LogP contribution in [0.1, 0.15) is 20.8 Å². The van der Waals surface area contributed by atoms with Gasteiger partial charge in [-0.1, -0.05) is 25.5 Å². The van der Waals surface area contributed by atoms with E-state index >= 15 is 0 Å². The second-order valence-corrected chi connectivity index (χ2v) is 2.66. The highest BCUT2D eigenvalue weighted by molar-refractivity contribution is 5.33. The van der Waals surface area contributed by atoms with Gasteiger partial charge in [0.05, 0.1) is 6.54 Å². The summed E-state index contributed by atoms with van der Waals surface area (Å²) in [5.41, 5.74) is 1.12. The van der Waals surface area contributed by atoms with Crippen LogP contribution in [-0.4, -0.2) is 12.6 Å². The van der Waals surface area contributed by atoms with Crippen molar-refractivity contribution in [3.05, 3.63) is 11.6 Å². The van der Waals surface area contributed by atoms with Crippen molar-refractivity contribution in [3.8, 4) is 0 Å². The lowest BCUT2D eigenvalue weighted by Crippen LogP contribution is -1.86. The minimum Gasteiger partial charge on any atom is -0.211 e. The van der Waals surface area contributed by atoms with Gasteiger partial charge in [0.2, 0.25) is 6.08 Å². The first-order chi connectivity index (χ1) is 4.66. The van der Waals surface area contributed by atoms with E-state index in [-0.39, 0.29) is 0 Å². The fraction of sp³-hybridized carbons (Fsp3) is 0.625. The second-order valence-electron chi connectivity index (χ2n) is 2.66. The highest BCUT2D eigenvalue weighted by atomic mass is 16.1. The van der Waals surface area contributed by atoms with E-state index < -0.39 is 0 Å². The van der Waals surface area contributed by atoms with Crippen molar-refractivity contribution >= 4 is 6.08 Å². The predicted molar refractivity (Wildman–Crippen MR) is 41.6 cm³/mol. The zero-order valence-corrected chi connectivity index (χ0v) is 6.72. The van der Waals surface area contributed by atoms with Crippen LogP contribution in [-0.2, 0) is 4.79 Å². The van der Waals surface area contributed by atoms with Gasteiger partial charge in [-0.2, -0.15) is 0 Å². The van der Waals surface area contributed by atoms with Crippen LogP contribution in [0.15, 0.2) is 16.6 Å². The maximum Gasteiger partial charge on any atom is 0.235 e. The number of hydrogen-bond donors (Lipinski definition) is 0. The molecular weight excluding hydrogens is 126 g/mol. The molecule has 0 N–H and O–H groups in total. The molecule has 0 aliphatic carbocycles. The molecule has 0 heterocycles. The number of nitrogens with zero attached hydrogens (tertiary/aromatic N) is 1. The van der Waals surface area contributed by atoms with Gasteiger partial charge in [0.15, 0.2) is 0 Å². The number of hydrogen-bond acceptors (Lipinski definition) is 2. The van der Waals surface area contributed by atoms with Crippen molar-refractivity contribution in [2.24, 2.45) is 10.9 Å². The largest absolute Gasteiger partial charge is 0.235 e. The first kappa shape index (κ1) is 9.12. The molecule has 0 saturated carbocycles. The highest BCUT2D eigenvalue weighted by Gasteiger charge is 1.89. The first-order valence-corrected chi connectivity index (χ1v) is 3.37. The lowest BCUT2D eigenvalue weighted by atomic mass is 10.1. The van der Waals surface area contributed by atoms with E-state index in [9.17, 15) is 4.79 Å². The maximum atomic E-state index is 9.68. The molecule has 0 fully saturated rings. The molecule has 0 spiro atoms. The smallest absolute Gasteiger partial charge is 0.211 e. The Morgan fingerprint density at radius 1 is 1.70 bits per heavy atom. The fourth-order valence-electron chi connectivity index (χ4n) is 0.779. The second kappa shape index (κ2) is 4.95. The van der Waals surface area contributed by atoms with Gasteiger partial charge in [0.1, 0.15) is 0 Å². The Kier molecular flexibility index (Phi) is 4.51. The third kappa shape index (κ3) is 5.26. The van der Waals surface area contributed by atoms with Crippen LogP contribution in [0, 0.1) is 5.92 Å². The zero-order valence-electron chi connectivity index (χ0n) is 6.72. The Bertz CT molecular complexity index is 164. The van der Waals surface area contributed by atoms with Gasteiger partial charge < -0.3 is 0 Å². The minimum atomic E-state index is 0.488. The molecule has 0 unspecified atom stereocenters. The summed E-state index contributed by atoms with van der Waals surface area (Å²) < 4.78 is 0. The summed E-state index contributed by atoms with van der Waals surface area (Å²) in [7, 11) is 0. The van der Waals surface area contributed by atoms with Crippen LogP contribution >= 0.6 is 0 Å². The lowest BCUT2D eigenvalue weighted by molar-refractivity contribution is 0.563. The molecule has 0 radical (unpaired) electrons. The normalized spacial score (nSPS) is 11.4. The molecule has 0 aliphatic rings. The van der Waals surface area contributed by atoms with Gasteiger partial charge in [0.25, 0.3) is 0 Å². The molecule has 0 aromatic rings. The Hall–Kier alpha value is -0.880. The molecule has 0 bridgehead atoms. The quantitative estimate of drug-likeness (QED) is 0.333. The molecule has 2 nitrogen and oxygen atoms in total. The fourth-order valence-corrected chi connectivity index (χ4v) is 0.779. The van der Waals surface area contributed by atoms with Crippen molar-refractivity contribution in [2.75, 3.05) is 6.54 Å². The van der Waals surface area contributed by atoms with Gasteiger partial charge in [-0.25, -0.2) is 9.79 Å². The van der Waals surface area contributed by atoms with Crippen LogP contribution < -0.4 is 0 Å². The minimum absolute atomic E-state index is 0.488. The van der Waals surface area contributed by atoms with Gasteiger partial charge in [0, 0.05) is 0 Å². The molecular formula is C8H13NO. The van der Waals surface area contributed by atoms with Gasteiger partial charge in [-0.3, -0.25) is 0 Å². The lowest BCUT2D eigenvalue weighted by Gasteiger charge is -1.96. The maximum absolute atomic E-state index is 9.68. The molecule has 0 amide bonds. The average Bonchev–Trinajstić information content (AvgIpc) is 1.82. The molecule has 0 rings (SSSR count). The van der Waals surface area contributed by atoms with Crippen LogP contribution in [0.3, 0.4) is 0 Å². The summed E-state index contributed by atoms with van der Waals surface area (Å²) in [5.74, 6) is 0.529. The van der Waals surface area contributed by atoms with Crippen LogP contribution in [0.5, 0.6) is 0 Å². The van der Waals surface area contributed by atoms with Gasteiger partial charge >= 0.3 is 0 Å². The molecule has 56 valence electrons. The third-order valence-electron chi connectivity index (χ3n) is 1.01. The van der Waals surface area contributed by atoms with Crippen LogP contribution in [0.4, 0.5) is 0 Å². The van der Waals surface area contributed by atoms with E-state index in [4.69, 9.17) is 0 Å². The van der Waals surface area contributed by atoms with E-state index in [0.29, 0.717) is 12.5 Å². The Labute approximate surface area is 61.7 Å². The summed E-state index contributed by atoms with van der Waals surface area (Å²) in [4.78, 5) is 13.1. The molecule has 0 saturated heterocycles. The Morgan fingerprint density at radius 2 is 2.30 bits per heavy atom. The topological polar surface area (TPSA) is 29.4 Å². The van der Waals surface area contributed by atoms with Crippen molar-refractivity contribution < 1.29 is 4.79 Å². The standard InChI is InChI=1S/C8H13NO/c1-7(2)4-8(3)5-9-6-10/h4,7H,5H2,1-3H3/b8-4+. The summed E-state index contributed by atoms with van der Waals surface area (Å²) in [6, 6.07) is 0. The predicted octanol–water partition coefficient (Wildman–Crippen LogP) is 1.92. The van der Waals surface area contributed by atoms with Crippen LogP contribution in [0.2, 0.25) is 0 Å². The van der Waals surface area contributed by atoms with Gasteiger partial charge in [-0.15, -0.1) is 0 Å². The summed E-state index contributed by atoms with van der Waals surface area (Å²) in [6.07, 6.45) is 3.59. The summed E-state index contributed by atoms with van der Waals surface area (Å²) in [6.45, 7) is 6.63. The van der Waals surface area contributed by atoms with E-state index in [0.717, 1.165) is 5.57 Å². The summed E-state index contributed by atoms with van der Waals surface area (Å²) >= 11 is 0. The number of isocyanates is 1. The number of carbonyl (C=O) groups excluding carboxylic acids is 1. The van der Waals surface area contributed by atoms with Gasteiger partial charge in [-0.05, 0) is 12.8 Å².